The van der Waals surface area contributed by atoms with Crippen LogP contribution in [0.1, 0.15) is 5.56 Å². The fourth-order valence-electron chi connectivity index (χ4n) is 1.07. The third kappa shape index (κ3) is 2.09. The van der Waals surface area contributed by atoms with Gasteiger partial charge in [-0.15, -0.1) is 0 Å². The van der Waals surface area contributed by atoms with Crippen LogP contribution >= 0.6 is 0 Å². The first-order valence-corrected chi connectivity index (χ1v) is 3.89. The molecule has 0 aliphatic carbocycles. The van der Waals surface area contributed by atoms with Gasteiger partial charge < -0.3 is 14.8 Å². The quantitative estimate of drug-likeness (QED) is 0.666. The summed E-state index contributed by atoms with van der Waals surface area (Å²) in [5, 5.41) is 17.3. The van der Waals surface area contributed by atoms with Gasteiger partial charge in [-0.1, -0.05) is 12.1 Å². The van der Waals surface area contributed by atoms with Crippen molar-refractivity contribution in [1.82, 2.24) is 0 Å². The highest BCUT2D eigenvalue weighted by Crippen LogP contribution is 2.10. The van der Waals surface area contributed by atoms with Crippen molar-refractivity contribution in [3.8, 4) is 0 Å². The molecule has 14 heavy (non-hydrogen) atoms. The van der Waals surface area contributed by atoms with Crippen LogP contribution < -0.4 is 5.46 Å². The van der Waals surface area contributed by atoms with Gasteiger partial charge in [0.25, 0.3) is 0 Å². The molecule has 6 heteroatoms. The van der Waals surface area contributed by atoms with Gasteiger partial charge in [-0.25, -0.2) is 8.78 Å². The minimum Gasteiger partial charge on any atom is -0.423 e. The van der Waals surface area contributed by atoms with E-state index in [0.717, 1.165) is 6.07 Å². The molecule has 0 fully saturated rings. The zero-order valence-corrected chi connectivity index (χ0v) is 7.50. The Morgan fingerprint density at radius 1 is 1.29 bits per heavy atom. The SMILES string of the molecule is COCc1ccc(B(O)O)c(F)c1F. The molecule has 0 amide bonds. The first-order valence-electron chi connectivity index (χ1n) is 3.89. The summed E-state index contributed by atoms with van der Waals surface area (Å²) in [5.41, 5.74) is -0.447. The van der Waals surface area contributed by atoms with Gasteiger partial charge in [0.05, 0.1) is 6.61 Å². The number of methoxy groups -OCH3 is 1. The second-order valence-electron chi connectivity index (χ2n) is 2.75. The lowest BCUT2D eigenvalue weighted by atomic mass is 9.79. The zero-order valence-electron chi connectivity index (χ0n) is 7.50. The third-order valence-electron chi connectivity index (χ3n) is 1.77. The van der Waals surface area contributed by atoms with Crippen molar-refractivity contribution in [3.63, 3.8) is 0 Å². The summed E-state index contributed by atoms with van der Waals surface area (Å²) >= 11 is 0. The number of ether oxygens (including phenoxy) is 1. The highest BCUT2D eigenvalue weighted by molar-refractivity contribution is 6.58. The molecular weight excluding hydrogens is 193 g/mol. The van der Waals surface area contributed by atoms with Crippen molar-refractivity contribution in [2.24, 2.45) is 0 Å². The van der Waals surface area contributed by atoms with Gasteiger partial charge in [0.2, 0.25) is 0 Å². The maximum Gasteiger partial charge on any atom is 0.491 e. The minimum atomic E-state index is -2.01. The monoisotopic (exact) mass is 202 g/mol. The average Bonchev–Trinajstić information content (AvgIpc) is 2.13. The van der Waals surface area contributed by atoms with Crippen LogP contribution in [0.3, 0.4) is 0 Å². The molecule has 3 nitrogen and oxygen atoms in total. The van der Waals surface area contributed by atoms with E-state index in [-0.39, 0.29) is 12.2 Å². The number of benzene rings is 1. The topological polar surface area (TPSA) is 49.7 Å². The Bertz CT molecular complexity index is 331. The summed E-state index contributed by atoms with van der Waals surface area (Å²) in [6, 6.07) is 2.36. The fraction of sp³-hybridized carbons (Fsp3) is 0.250. The highest BCUT2D eigenvalue weighted by Gasteiger charge is 2.21. The molecule has 1 rings (SSSR count). The molecule has 0 saturated carbocycles. The van der Waals surface area contributed by atoms with Crippen molar-refractivity contribution >= 4 is 12.6 Å². The first-order chi connectivity index (χ1) is 6.57. The second kappa shape index (κ2) is 4.50. The average molecular weight is 202 g/mol. The van der Waals surface area contributed by atoms with Gasteiger partial charge in [0.1, 0.15) is 0 Å². The van der Waals surface area contributed by atoms with Gasteiger partial charge in [-0.3, -0.25) is 0 Å². The van der Waals surface area contributed by atoms with E-state index >= 15 is 0 Å². The first kappa shape index (κ1) is 11.1. The molecule has 1 aromatic rings. The molecular formula is C8H9BF2O3. The third-order valence-corrected chi connectivity index (χ3v) is 1.77. The lowest BCUT2D eigenvalue weighted by molar-refractivity contribution is 0.180. The largest absolute Gasteiger partial charge is 0.491 e. The second-order valence-corrected chi connectivity index (χ2v) is 2.75. The molecule has 0 radical (unpaired) electrons. The van der Waals surface area contributed by atoms with Crippen LogP contribution in [0.25, 0.3) is 0 Å². The van der Waals surface area contributed by atoms with E-state index < -0.39 is 24.2 Å². The van der Waals surface area contributed by atoms with E-state index in [0.29, 0.717) is 0 Å². The summed E-state index contributed by atoms with van der Waals surface area (Å²) in [6.45, 7) is -0.0649. The van der Waals surface area contributed by atoms with Gasteiger partial charge in [-0.2, -0.15) is 0 Å². The molecule has 76 valence electrons. The Hall–Kier alpha value is -0.975. The van der Waals surface area contributed by atoms with Gasteiger partial charge >= 0.3 is 7.12 Å². The van der Waals surface area contributed by atoms with Crippen LogP contribution in [0.5, 0.6) is 0 Å². The predicted octanol–water partition coefficient (Wildman–Crippen LogP) is -0.209. The Labute approximate surface area is 80.1 Å². The molecule has 0 bridgehead atoms. The maximum absolute atomic E-state index is 13.1. The van der Waals surface area contributed by atoms with Crippen LogP contribution in [-0.2, 0) is 11.3 Å². The molecule has 0 aliphatic rings. The summed E-state index contributed by atoms with van der Waals surface area (Å²) in [5.74, 6) is -2.37. The van der Waals surface area contributed by atoms with Crippen LogP contribution in [-0.4, -0.2) is 24.3 Å². The fourth-order valence-corrected chi connectivity index (χ4v) is 1.07. The number of hydrogen-bond acceptors (Lipinski definition) is 3. The Morgan fingerprint density at radius 2 is 1.93 bits per heavy atom. The van der Waals surface area contributed by atoms with Crippen LogP contribution in [0.15, 0.2) is 12.1 Å². The summed E-state index contributed by atoms with van der Waals surface area (Å²) in [4.78, 5) is 0. The molecule has 0 atom stereocenters. The number of hydrogen-bond donors (Lipinski definition) is 2. The smallest absolute Gasteiger partial charge is 0.423 e. The van der Waals surface area contributed by atoms with Crippen molar-refractivity contribution in [1.29, 1.82) is 0 Å². The molecule has 0 unspecified atom stereocenters. The Balaban J connectivity index is 3.12. The Morgan fingerprint density at radius 3 is 2.43 bits per heavy atom. The van der Waals surface area contributed by atoms with Crippen molar-refractivity contribution in [2.75, 3.05) is 7.11 Å². The number of rotatable bonds is 3. The van der Waals surface area contributed by atoms with Crippen LogP contribution in [0.2, 0.25) is 0 Å². The van der Waals surface area contributed by atoms with Crippen LogP contribution in [0, 0.1) is 11.6 Å². The van der Waals surface area contributed by atoms with Crippen LogP contribution in [0.4, 0.5) is 8.78 Å². The molecule has 0 aliphatic heterocycles. The summed E-state index contributed by atoms with van der Waals surface area (Å²) < 4.78 is 30.9. The molecule has 0 aromatic heterocycles. The number of halogens is 2. The van der Waals surface area contributed by atoms with E-state index in [2.05, 4.69) is 4.74 Å². The normalized spacial score (nSPS) is 10.4. The molecule has 1 aromatic carbocycles. The molecule has 0 saturated heterocycles. The molecule has 0 spiro atoms. The van der Waals surface area contributed by atoms with Gasteiger partial charge in [0, 0.05) is 18.1 Å². The lowest BCUT2D eigenvalue weighted by Crippen LogP contribution is -2.33. The van der Waals surface area contributed by atoms with Crippen molar-refractivity contribution < 1.29 is 23.6 Å². The predicted molar refractivity (Wildman–Crippen MR) is 46.9 cm³/mol. The van der Waals surface area contributed by atoms with E-state index in [9.17, 15) is 8.78 Å². The van der Waals surface area contributed by atoms with Gasteiger partial charge in [-0.05, 0) is 0 Å². The molecule has 0 heterocycles. The van der Waals surface area contributed by atoms with E-state index in [1.165, 1.54) is 13.2 Å². The summed E-state index contributed by atoms with van der Waals surface area (Å²) in [6.07, 6.45) is 0. The minimum absolute atomic E-state index is 0.0365. The lowest BCUT2D eigenvalue weighted by Gasteiger charge is -2.06. The van der Waals surface area contributed by atoms with E-state index in [1.54, 1.807) is 0 Å². The highest BCUT2D eigenvalue weighted by atomic mass is 19.2. The Kier molecular flexibility index (Phi) is 3.57. The van der Waals surface area contributed by atoms with Crippen molar-refractivity contribution in [3.05, 3.63) is 29.3 Å². The van der Waals surface area contributed by atoms with E-state index in [4.69, 9.17) is 10.0 Å². The zero-order chi connectivity index (χ0) is 10.7. The van der Waals surface area contributed by atoms with E-state index in [1.807, 2.05) is 0 Å². The maximum atomic E-state index is 13.1. The molecule has 2 N–H and O–H groups in total. The summed E-state index contributed by atoms with van der Waals surface area (Å²) in [7, 11) is -0.660. The van der Waals surface area contributed by atoms with Crippen molar-refractivity contribution in [2.45, 2.75) is 6.61 Å². The van der Waals surface area contributed by atoms with Gasteiger partial charge in [0.15, 0.2) is 11.6 Å². The standard InChI is InChI=1S/C8H9BF2O3/c1-14-4-5-2-3-6(9(12)13)8(11)7(5)10/h2-3,12-13H,4H2,1H3.